The van der Waals surface area contributed by atoms with Crippen molar-refractivity contribution < 1.29 is 9.90 Å². The van der Waals surface area contributed by atoms with Crippen molar-refractivity contribution in [1.29, 1.82) is 0 Å². The molecule has 19 heavy (non-hydrogen) atoms. The molecule has 2 rings (SSSR count). The Labute approximate surface area is 113 Å². The minimum atomic E-state index is -0.284. The van der Waals surface area contributed by atoms with Crippen LogP contribution in [-0.4, -0.2) is 36.9 Å². The Morgan fingerprint density at radius 2 is 2.05 bits per heavy atom. The zero-order valence-corrected chi connectivity index (χ0v) is 11.2. The first-order chi connectivity index (χ1) is 9.20. The predicted molar refractivity (Wildman–Crippen MR) is 76.6 cm³/mol. The number of carbonyl (C=O) groups excluding carboxylic acids is 1. The highest BCUT2D eigenvalue weighted by Gasteiger charge is 2.16. The fraction of sp³-hybridized carbons (Fsp3) is 0.500. The largest absolute Gasteiger partial charge is 0.394 e. The van der Waals surface area contributed by atoms with Gasteiger partial charge in [-0.2, -0.15) is 0 Å². The Morgan fingerprint density at radius 1 is 1.37 bits per heavy atom. The summed E-state index contributed by atoms with van der Waals surface area (Å²) in [6.07, 6.45) is 2.39. The van der Waals surface area contributed by atoms with Crippen molar-refractivity contribution in [2.24, 2.45) is 0 Å². The van der Waals surface area contributed by atoms with Crippen molar-refractivity contribution in [3.8, 4) is 0 Å². The molecule has 1 aromatic carbocycles. The number of nitrogens with one attached hydrogen (secondary N) is 2. The van der Waals surface area contributed by atoms with E-state index < -0.39 is 0 Å². The van der Waals surface area contributed by atoms with Crippen molar-refractivity contribution >= 4 is 17.4 Å². The van der Waals surface area contributed by atoms with E-state index in [1.165, 1.54) is 12.8 Å². The third kappa shape index (κ3) is 3.61. The number of anilines is 2. The number of rotatable bonds is 4. The first-order valence-corrected chi connectivity index (χ1v) is 6.73. The third-order valence-corrected chi connectivity index (χ3v) is 3.25. The molecule has 0 spiro atoms. The Balaban J connectivity index is 2.05. The fourth-order valence-corrected chi connectivity index (χ4v) is 2.24. The van der Waals surface area contributed by atoms with E-state index in [9.17, 15) is 4.79 Å². The second-order valence-corrected chi connectivity index (χ2v) is 4.89. The van der Waals surface area contributed by atoms with Gasteiger partial charge in [0.1, 0.15) is 0 Å². The lowest BCUT2D eigenvalue weighted by Crippen LogP contribution is -2.38. The number of hydrogen-bond acceptors (Lipinski definition) is 3. The number of aliphatic hydroxyl groups excluding tert-OH is 1. The van der Waals surface area contributed by atoms with Crippen LogP contribution >= 0.6 is 0 Å². The van der Waals surface area contributed by atoms with Crippen molar-refractivity contribution in [2.75, 3.05) is 29.9 Å². The van der Waals surface area contributed by atoms with Gasteiger partial charge in [0.05, 0.1) is 24.0 Å². The molecule has 1 fully saturated rings. The first-order valence-electron chi connectivity index (χ1n) is 6.73. The summed E-state index contributed by atoms with van der Waals surface area (Å²) in [4.78, 5) is 14.1. The Morgan fingerprint density at radius 3 is 2.74 bits per heavy atom. The van der Waals surface area contributed by atoms with Gasteiger partial charge in [-0.15, -0.1) is 0 Å². The van der Waals surface area contributed by atoms with Crippen molar-refractivity contribution in [2.45, 2.75) is 25.8 Å². The Bertz CT molecular complexity index is 430. The van der Waals surface area contributed by atoms with Gasteiger partial charge in [0.25, 0.3) is 0 Å². The second-order valence-electron chi connectivity index (χ2n) is 4.89. The molecule has 1 atom stereocenters. The molecule has 0 aliphatic carbocycles. The van der Waals surface area contributed by atoms with Gasteiger partial charge in [0, 0.05) is 13.1 Å². The van der Waals surface area contributed by atoms with Gasteiger partial charge in [-0.3, -0.25) is 0 Å². The lowest BCUT2D eigenvalue weighted by Gasteiger charge is -2.22. The zero-order chi connectivity index (χ0) is 13.7. The van der Waals surface area contributed by atoms with E-state index in [2.05, 4.69) is 15.5 Å². The number of hydrogen-bond donors (Lipinski definition) is 3. The van der Waals surface area contributed by atoms with Crippen LogP contribution in [0.25, 0.3) is 0 Å². The van der Waals surface area contributed by atoms with Crippen LogP contribution in [0.2, 0.25) is 0 Å². The van der Waals surface area contributed by atoms with Gasteiger partial charge in [-0.25, -0.2) is 4.79 Å². The lowest BCUT2D eigenvalue weighted by molar-refractivity contribution is 0.229. The molecule has 104 valence electrons. The van der Waals surface area contributed by atoms with E-state index in [0.29, 0.717) is 0 Å². The average Bonchev–Trinajstić information content (AvgIpc) is 2.93. The smallest absolute Gasteiger partial charge is 0.319 e. The van der Waals surface area contributed by atoms with E-state index in [0.717, 1.165) is 24.5 Å². The molecule has 0 saturated carbocycles. The molecule has 1 aromatic rings. The molecule has 0 aromatic heterocycles. The van der Waals surface area contributed by atoms with Gasteiger partial charge in [0.2, 0.25) is 0 Å². The van der Waals surface area contributed by atoms with Crippen LogP contribution in [0.4, 0.5) is 16.2 Å². The van der Waals surface area contributed by atoms with E-state index in [4.69, 9.17) is 5.11 Å². The number of amides is 2. The molecule has 5 heteroatoms. The summed E-state index contributed by atoms with van der Waals surface area (Å²) in [6, 6.07) is 7.28. The maximum absolute atomic E-state index is 11.8. The summed E-state index contributed by atoms with van der Waals surface area (Å²) in [5.41, 5.74) is 1.87. The lowest BCUT2D eigenvalue weighted by atomic mass is 10.2. The van der Waals surface area contributed by atoms with E-state index in [1.807, 2.05) is 24.3 Å². The van der Waals surface area contributed by atoms with E-state index in [1.54, 1.807) is 6.92 Å². The van der Waals surface area contributed by atoms with Gasteiger partial charge in [0.15, 0.2) is 0 Å². The fourth-order valence-electron chi connectivity index (χ4n) is 2.24. The number of urea groups is 1. The van der Waals surface area contributed by atoms with Crippen LogP contribution in [0.15, 0.2) is 24.3 Å². The molecular weight excluding hydrogens is 242 g/mol. The number of benzene rings is 1. The average molecular weight is 263 g/mol. The monoisotopic (exact) mass is 263 g/mol. The minimum absolute atomic E-state index is 0.0683. The quantitative estimate of drug-likeness (QED) is 0.776. The molecule has 2 amide bonds. The standard InChI is InChI=1S/C14H21N3O2/c1-11(10-18)15-14(19)16-12-6-2-3-7-13(12)17-8-4-5-9-17/h2-3,6-7,11,18H,4-5,8-10H2,1H3,(H2,15,16,19)/t11-/m1/s1. The molecule has 0 radical (unpaired) electrons. The Hall–Kier alpha value is -1.75. The first kappa shape index (κ1) is 13.7. The maximum atomic E-state index is 11.8. The van der Waals surface area contributed by atoms with Crippen LogP contribution in [0.3, 0.4) is 0 Å². The van der Waals surface area contributed by atoms with Crippen LogP contribution in [0.1, 0.15) is 19.8 Å². The summed E-state index contributed by atoms with van der Waals surface area (Å²) in [5.74, 6) is 0. The molecule has 1 saturated heterocycles. The second kappa shape index (κ2) is 6.43. The molecular formula is C14H21N3O2. The maximum Gasteiger partial charge on any atom is 0.319 e. The summed E-state index contributed by atoms with van der Waals surface area (Å²) < 4.78 is 0. The van der Waals surface area contributed by atoms with Crippen molar-refractivity contribution in [3.63, 3.8) is 0 Å². The molecule has 0 unspecified atom stereocenters. The molecule has 3 N–H and O–H groups in total. The van der Waals surface area contributed by atoms with Gasteiger partial charge >= 0.3 is 6.03 Å². The third-order valence-electron chi connectivity index (χ3n) is 3.25. The van der Waals surface area contributed by atoms with Gasteiger partial charge in [-0.05, 0) is 31.9 Å². The molecule has 1 aliphatic heterocycles. The van der Waals surface area contributed by atoms with Crippen LogP contribution in [0.5, 0.6) is 0 Å². The normalized spacial score (nSPS) is 16.2. The number of para-hydroxylation sites is 2. The summed E-state index contributed by atoms with van der Waals surface area (Å²) in [7, 11) is 0. The summed E-state index contributed by atoms with van der Waals surface area (Å²) >= 11 is 0. The van der Waals surface area contributed by atoms with Crippen LogP contribution < -0.4 is 15.5 Å². The Kier molecular flexibility index (Phi) is 4.63. The molecule has 0 bridgehead atoms. The van der Waals surface area contributed by atoms with E-state index in [-0.39, 0.29) is 18.7 Å². The van der Waals surface area contributed by atoms with Crippen LogP contribution in [0, 0.1) is 0 Å². The van der Waals surface area contributed by atoms with Gasteiger partial charge < -0.3 is 20.6 Å². The molecule has 5 nitrogen and oxygen atoms in total. The predicted octanol–water partition coefficient (Wildman–Crippen LogP) is 1.79. The van der Waals surface area contributed by atoms with Crippen molar-refractivity contribution in [3.05, 3.63) is 24.3 Å². The highest BCUT2D eigenvalue weighted by molar-refractivity contribution is 5.93. The van der Waals surface area contributed by atoms with E-state index >= 15 is 0 Å². The number of nitrogens with zero attached hydrogens (tertiary/aromatic N) is 1. The molecule has 1 aliphatic rings. The van der Waals surface area contributed by atoms with Gasteiger partial charge in [-0.1, -0.05) is 12.1 Å². The summed E-state index contributed by atoms with van der Waals surface area (Å²) in [6.45, 7) is 3.76. The number of carbonyl (C=O) groups is 1. The topological polar surface area (TPSA) is 64.6 Å². The highest BCUT2D eigenvalue weighted by atomic mass is 16.3. The number of aliphatic hydroxyl groups is 1. The summed E-state index contributed by atoms with van der Waals surface area (Å²) in [5, 5.41) is 14.5. The highest BCUT2D eigenvalue weighted by Crippen LogP contribution is 2.28. The van der Waals surface area contributed by atoms with Crippen molar-refractivity contribution in [1.82, 2.24) is 5.32 Å². The SMILES string of the molecule is C[C@H](CO)NC(=O)Nc1ccccc1N1CCCC1. The molecule has 1 heterocycles. The minimum Gasteiger partial charge on any atom is -0.394 e. The van der Waals surface area contributed by atoms with Crippen LogP contribution in [-0.2, 0) is 0 Å². The zero-order valence-electron chi connectivity index (χ0n) is 11.2.